The average molecular weight is 303 g/mol. The number of hydrogen-bond acceptors (Lipinski definition) is 4. The van der Waals surface area contributed by atoms with Gasteiger partial charge >= 0.3 is 0 Å². The van der Waals surface area contributed by atoms with E-state index in [1.54, 1.807) is 6.07 Å². The second kappa shape index (κ2) is 5.92. The zero-order valence-electron chi connectivity index (χ0n) is 10.1. The fourth-order valence-corrected chi connectivity index (χ4v) is 5.29. The van der Waals surface area contributed by atoms with E-state index < -0.39 is 15.7 Å². The number of carbonyl (C=O) groups is 1. The number of halogens is 1. The summed E-state index contributed by atoms with van der Waals surface area (Å²) in [5, 5.41) is 2.57. The van der Waals surface area contributed by atoms with Gasteiger partial charge in [-0.25, -0.2) is 12.8 Å². The highest BCUT2D eigenvalue weighted by Crippen LogP contribution is 2.24. The van der Waals surface area contributed by atoms with Gasteiger partial charge in [0.1, 0.15) is 5.82 Å². The summed E-state index contributed by atoms with van der Waals surface area (Å²) in [6, 6.07) is 5.66. The van der Waals surface area contributed by atoms with Crippen molar-refractivity contribution in [1.29, 1.82) is 0 Å². The molecule has 1 atom stereocenters. The smallest absolute Gasteiger partial charge is 0.234 e. The van der Waals surface area contributed by atoms with Crippen molar-refractivity contribution in [2.24, 2.45) is 0 Å². The Hall–Kier alpha value is -1.08. The van der Waals surface area contributed by atoms with Crippen LogP contribution < -0.4 is 5.32 Å². The summed E-state index contributed by atoms with van der Waals surface area (Å²) >= 11 is 1.33. The summed E-state index contributed by atoms with van der Waals surface area (Å²) in [6.45, 7) is 0. The second-order valence-electron chi connectivity index (χ2n) is 4.39. The number of anilines is 1. The standard InChI is InChI=1S/C12H14FNO3S2/c13-9-2-1-3-10(6-9)14-12(15)7-18-11-4-5-19(16,17)8-11/h1-3,6,11H,4-5,7-8H2,(H,14,15). The molecule has 2 rings (SSSR count). The first-order valence-electron chi connectivity index (χ1n) is 5.82. The van der Waals surface area contributed by atoms with Crippen molar-refractivity contribution in [2.45, 2.75) is 11.7 Å². The first-order chi connectivity index (χ1) is 8.94. The van der Waals surface area contributed by atoms with Gasteiger partial charge in [0, 0.05) is 10.9 Å². The molecule has 0 radical (unpaired) electrons. The van der Waals surface area contributed by atoms with E-state index in [1.165, 1.54) is 30.0 Å². The summed E-state index contributed by atoms with van der Waals surface area (Å²) < 4.78 is 35.4. The molecule has 104 valence electrons. The van der Waals surface area contributed by atoms with Gasteiger partial charge in [-0.1, -0.05) is 6.07 Å². The number of nitrogens with one attached hydrogen (secondary N) is 1. The molecular formula is C12H14FNO3S2. The number of thioether (sulfide) groups is 1. The molecule has 1 amide bonds. The summed E-state index contributed by atoms with van der Waals surface area (Å²) in [6.07, 6.45) is 0.597. The van der Waals surface area contributed by atoms with Gasteiger partial charge in [0.25, 0.3) is 0 Å². The molecule has 19 heavy (non-hydrogen) atoms. The largest absolute Gasteiger partial charge is 0.325 e. The van der Waals surface area contributed by atoms with Gasteiger partial charge < -0.3 is 5.32 Å². The minimum Gasteiger partial charge on any atom is -0.325 e. The minimum atomic E-state index is -2.91. The van der Waals surface area contributed by atoms with Crippen molar-refractivity contribution < 1.29 is 17.6 Å². The Kier molecular flexibility index (Phi) is 4.46. The van der Waals surface area contributed by atoms with Crippen molar-refractivity contribution in [3.8, 4) is 0 Å². The Morgan fingerprint density at radius 2 is 2.26 bits per heavy atom. The molecule has 1 unspecified atom stereocenters. The SMILES string of the molecule is O=C(CSC1CCS(=O)(=O)C1)Nc1cccc(F)c1. The van der Waals surface area contributed by atoms with Crippen molar-refractivity contribution >= 4 is 33.2 Å². The van der Waals surface area contributed by atoms with Crippen LogP contribution in [0.15, 0.2) is 24.3 Å². The Balaban J connectivity index is 1.79. The molecule has 4 nitrogen and oxygen atoms in total. The van der Waals surface area contributed by atoms with E-state index in [9.17, 15) is 17.6 Å². The molecule has 0 spiro atoms. The number of carbonyl (C=O) groups excluding carboxylic acids is 1. The van der Waals surface area contributed by atoms with Gasteiger partial charge in [-0.3, -0.25) is 4.79 Å². The molecule has 0 saturated carbocycles. The van der Waals surface area contributed by atoms with Gasteiger partial charge in [-0.05, 0) is 24.6 Å². The molecule has 1 fully saturated rings. The van der Waals surface area contributed by atoms with Crippen LogP contribution in [0.1, 0.15) is 6.42 Å². The van der Waals surface area contributed by atoms with E-state index in [0.717, 1.165) is 0 Å². The van der Waals surface area contributed by atoms with Crippen molar-refractivity contribution in [1.82, 2.24) is 0 Å². The molecule has 1 saturated heterocycles. The highest BCUT2D eigenvalue weighted by atomic mass is 32.2. The molecule has 1 heterocycles. The molecule has 1 aliphatic heterocycles. The quantitative estimate of drug-likeness (QED) is 0.919. The van der Waals surface area contributed by atoms with E-state index in [0.29, 0.717) is 12.1 Å². The number of hydrogen-bond donors (Lipinski definition) is 1. The van der Waals surface area contributed by atoms with Gasteiger partial charge in [0.15, 0.2) is 9.84 Å². The third kappa shape index (κ3) is 4.50. The topological polar surface area (TPSA) is 63.2 Å². The Bertz CT molecular complexity index is 574. The number of rotatable bonds is 4. The fraction of sp³-hybridized carbons (Fsp3) is 0.417. The molecule has 1 aromatic carbocycles. The predicted molar refractivity (Wildman–Crippen MR) is 74.5 cm³/mol. The summed E-state index contributed by atoms with van der Waals surface area (Å²) in [7, 11) is -2.91. The van der Waals surface area contributed by atoms with E-state index in [4.69, 9.17) is 0 Å². The lowest BCUT2D eigenvalue weighted by atomic mass is 10.3. The second-order valence-corrected chi connectivity index (χ2v) is 7.91. The summed E-state index contributed by atoms with van der Waals surface area (Å²) in [5.41, 5.74) is 0.407. The predicted octanol–water partition coefficient (Wildman–Crippen LogP) is 1.68. The van der Waals surface area contributed by atoms with Gasteiger partial charge in [-0.2, -0.15) is 0 Å². The van der Waals surface area contributed by atoms with E-state index in [1.807, 2.05) is 0 Å². The zero-order chi connectivity index (χ0) is 13.9. The number of sulfone groups is 1. The first kappa shape index (κ1) is 14.3. The highest BCUT2D eigenvalue weighted by molar-refractivity contribution is 8.02. The molecule has 0 aromatic heterocycles. The lowest BCUT2D eigenvalue weighted by Crippen LogP contribution is -2.17. The monoisotopic (exact) mass is 303 g/mol. The van der Waals surface area contributed by atoms with Crippen LogP contribution in [0.4, 0.5) is 10.1 Å². The Morgan fingerprint density at radius 3 is 2.89 bits per heavy atom. The van der Waals surface area contributed by atoms with Crippen LogP contribution >= 0.6 is 11.8 Å². The van der Waals surface area contributed by atoms with Crippen molar-refractivity contribution in [2.75, 3.05) is 22.6 Å². The van der Waals surface area contributed by atoms with Crippen LogP contribution in [-0.2, 0) is 14.6 Å². The zero-order valence-corrected chi connectivity index (χ0v) is 11.8. The molecule has 0 bridgehead atoms. The first-order valence-corrected chi connectivity index (χ1v) is 8.69. The van der Waals surface area contributed by atoms with Crippen LogP contribution in [0.5, 0.6) is 0 Å². The Labute approximate surface area is 115 Å². The molecule has 0 aliphatic carbocycles. The Morgan fingerprint density at radius 1 is 1.47 bits per heavy atom. The van der Waals surface area contributed by atoms with Gasteiger partial charge in [0.05, 0.1) is 17.3 Å². The average Bonchev–Trinajstić information content (AvgIpc) is 2.66. The lowest BCUT2D eigenvalue weighted by Gasteiger charge is -2.08. The summed E-state index contributed by atoms with van der Waals surface area (Å²) in [5.74, 6) is -0.134. The maximum atomic E-state index is 12.9. The number of amides is 1. The van der Waals surface area contributed by atoms with E-state index in [2.05, 4.69) is 5.32 Å². The normalized spacial score (nSPS) is 21.2. The molecule has 1 N–H and O–H groups in total. The van der Waals surface area contributed by atoms with Crippen molar-refractivity contribution in [3.05, 3.63) is 30.1 Å². The van der Waals surface area contributed by atoms with Gasteiger partial charge in [0.2, 0.25) is 5.91 Å². The molecule has 1 aliphatic rings. The maximum absolute atomic E-state index is 12.9. The van der Waals surface area contributed by atoms with E-state index in [-0.39, 0.29) is 28.4 Å². The maximum Gasteiger partial charge on any atom is 0.234 e. The van der Waals surface area contributed by atoms with Gasteiger partial charge in [-0.15, -0.1) is 11.8 Å². The molecule has 7 heteroatoms. The fourth-order valence-electron chi connectivity index (χ4n) is 1.85. The highest BCUT2D eigenvalue weighted by Gasteiger charge is 2.28. The van der Waals surface area contributed by atoms with Crippen LogP contribution in [-0.4, -0.2) is 36.8 Å². The number of benzene rings is 1. The van der Waals surface area contributed by atoms with E-state index >= 15 is 0 Å². The molecular weight excluding hydrogens is 289 g/mol. The summed E-state index contributed by atoms with van der Waals surface area (Å²) in [4.78, 5) is 11.6. The lowest BCUT2D eigenvalue weighted by molar-refractivity contribution is -0.113. The van der Waals surface area contributed by atoms with Crippen LogP contribution in [0, 0.1) is 5.82 Å². The third-order valence-electron chi connectivity index (χ3n) is 2.75. The van der Waals surface area contributed by atoms with Crippen LogP contribution in [0.2, 0.25) is 0 Å². The minimum absolute atomic E-state index is 0.0109. The third-order valence-corrected chi connectivity index (χ3v) is 6.03. The van der Waals surface area contributed by atoms with Crippen molar-refractivity contribution in [3.63, 3.8) is 0 Å². The molecule has 1 aromatic rings. The van der Waals surface area contributed by atoms with Crippen LogP contribution in [0.3, 0.4) is 0 Å². The van der Waals surface area contributed by atoms with Crippen LogP contribution in [0.25, 0.3) is 0 Å².